The Kier molecular flexibility index (Phi) is 4.72. The zero-order chi connectivity index (χ0) is 20.5. The third kappa shape index (κ3) is 3.67. The summed E-state index contributed by atoms with van der Waals surface area (Å²) < 4.78 is 27.4. The van der Waals surface area contributed by atoms with Crippen LogP contribution in [0.3, 0.4) is 0 Å². The van der Waals surface area contributed by atoms with Crippen LogP contribution in [-0.2, 0) is 0 Å². The second-order valence-electron chi connectivity index (χ2n) is 6.69. The fourth-order valence-corrected chi connectivity index (χ4v) is 3.21. The van der Waals surface area contributed by atoms with Crippen molar-refractivity contribution in [3.05, 3.63) is 94.9 Å². The maximum atomic E-state index is 13.9. The maximum absolute atomic E-state index is 13.9. The van der Waals surface area contributed by atoms with Crippen LogP contribution in [0.4, 0.5) is 8.78 Å². The normalized spacial score (nSPS) is 12.1. The van der Waals surface area contributed by atoms with Crippen LogP contribution >= 0.6 is 0 Å². The van der Waals surface area contributed by atoms with Crippen LogP contribution in [0.5, 0.6) is 5.75 Å². The molecule has 0 bridgehead atoms. The number of fused-ring (bicyclic) bond motifs is 1. The van der Waals surface area contributed by atoms with E-state index in [4.69, 9.17) is 0 Å². The number of halogens is 2. The van der Waals surface area contributed by atoms with E-state index in [0.29, 0.717) is 5.69 Å². The van der Waals surface area contributed by atoms with E-state index in [9.17, 15) is 18.7 Å². The second kappa shape index (κ2) is 7.35. The molecule has 2 heterocycles. The largest absolute Gasteiger partial charge is 0.508 e. The summed E-state index contributed by atoms with van der Waals surface area (Å²) in [5, 5.41) is 14.0. The van der Waals surface area contributed by atoms with E-state index in [0.717, 1.165) is 29.1 Å². The molecule has 3 N–H and O–H groups in total. The number of phenolic OH excluding ortho intramolecular Hbond substituents is 1. The summed E-state index contributed by atoms with van der Waals surface area (Å²) in [6.45, 7) is 1.46. The van der Waals surface area contributed by atoms with Gasteiger partial charge >= 0.3 is 0 Å². The number of rotatable bonds is 4. The van der Waals surface area contributed by atoms with Gasteiger partial charge in [-0.25, -0.2) is 13.8 Å². The van der Waals surface area contributed by atoms with E-state index in [1.165, 1.54) is 19.1 Å². The summed E-state index contributed by atoms with van der Waals surface area (Å²) in [6, 6.07) is 14.4. The third-order valence-electron chi connectivity index (χ3n) is 4.69. The molecule has 29 heavy (non-hydrogen) atoms. The Morgan fingerprint density at radius 3 is 2.66 bits per heavy atom. The molecule has 0 radical (unpaired) electrons. The topological polar surface area (TPSA) is 78.0 Å². The Morgan fingerprint density at radius 2 is 1.90 bits per heavy atom. The number of aromatic hydroxyl groups is 1. The predicted molar refractivity (Wildman–Crippen MR) is 105 cm³/mol. The van der Waals surface area contributed by atoms with Crippen LogP contribution in [0.15, 0.2) is 60.7 Å². The molecule has 0 aliphatic heterocycles. The van der Waals surface area contributed by atoms with E-state index < -0.39 is 23.6 Å². The predicted octanol–water partition coefficient (Wildman–Crippen LogP) is 4.37. The van der Waals surface area contributed by atoms with Gasteiger partial charge in [0.05, 0.1) is 11.7 Å². The molecular weight excluding hydrogens is 376 g/mol. The molecule has 0 saturated heterocycles. The zero-order valence-corrected chi connectivity index (χ0v) is 15.4. The molecule has 4 rings (SSSR count). The molecule has 2 aromatic heterocycles. The number of nitrogens with one attached hydrogen (secondary N) is 2. The second-order valence-corrected chi connectivity index (χ2v) is 6.69. The number of phenols is 1. The molecule has 1 unspecified atom stereocenters. The Morgan fingerprint density at radius 1 is 1.10 bits per heavy atom. The summed E-state index contributed by atoms with van der Waals surface area (Å²) in [6.07, 6.45) is 0. The number of benzene rings is 2. The van der Waals surface area contributed by atoms with Gasteiger partial charge in [0.25, 0.3) is 5.91 Å². The summed E-state index contributed by atoms with van der Waals surface area (Å²) in [4.78, 5) is 19.9. The van der Waals surface area contributed by atoms with E-state index in [1.54, 1.807) is 0 Å². The Labute approximate surface area is 165 Å². The van der Waals surface area contributed by atoms with Crippen molar-refractivity contribution in [3.63, 3.8) is 0 Å². The fourth-order valence-electron chi connectivity index (χ4n) is 3.21. The van der Waals surface area contributed by atoms with Gasteiger partial charge < -0.3 is 15.4 Å². The zero-order valence-electron chi connectivity index (χ0n) is 15.4. The summed E-state index contributed by atoms with van der Waals surface area (Å²) in [5.41, 5.74) is 1.67. The van der Waals surface area contributed by atoms with Crippen LogP contribution in [0, 0.1) is 18.6 Å². The molecule has 1 atom stereocenters. The fraction of sp³-hybridized carbons (Fsp3) is 0.0909. The molecule has 0 spiro atoms. The van der Waals surface area contributed by atoms with Crippen LogP contribution in [0.25, 0.3) is 10.9 Å². The highest BCUT2D eigenvalue weighted by Crippen LogP contribution is 2.31. The number of para-hydroxylation sites is 1. The minimum atomic E-state index is -0.877. The average molecular weight is 393 g/mol. The smallest absolute Gasteiger partial charge is 0.270 e. The number of aromatic amines is 1. The van der Waals surface area contributed by atoms with Gasteiger partial charge in [-0.3, -0.25) is 4.79 Å². The highest BCUT2D eigenvalue weighted by atomic mass is 19.1. The summed E-state index contributed by atoms with van der Waals surface area (Å²) in [5.74, 6) is -1.82. The lowest BCUT2D eigenvalue weighted by Gasteiger charge is -2.19. The number of aromatic nitrogens is 2. The van der Waals surface area contributed by atoms with Crippen molar-refractivity contribution in [2.45, 2.75) is 13.0 Å². The number of carbonyl (C=O) groups excluding carboxylic acids is 1. The van der Waals surface area contributed by atoms with Gasteiger partial charge in [-0.05, 0) is 54.8 Å². The van der Waals surface area contributed by atoms with Crippen LogP contribution in [0.1, 0.15) is 33.5 Å². The standard InChI is InChI=1S/C22H17F2N3O2/c1-12-16(24)7-8-18(25-12)22(29)27-21(15-11-14(23)6-9-20(15)28)19-10-13-4-2-3-5-17(13)26-19/h2-11,21,26,28H,1H3,(H,27,29). The molecule has 0 aliphatic carbocycles. The van der Waals surface area contributed by atoms with Gasteiger partial charge in [-0.2, -0.15) is 0 Å². The summed E-state index contributed by atoms with van der Waals surface area (Å²) >= 11 is 0. The van der Waals surface area contributed by atoms with Crippen molar-refractivity contribution in [2.75, 3.05) is 0 Å². The lowest BCUT2D eigenvalue weighted by Crippen LogP contribution is -2.30. The number of pyridine rings is 1. The van der Waals surface area contributed by atoms with Crippen molar-refractivity contribution in [1.82, 2.24) is 15.3 Å². The molecule has 146 valence electrons. The summed E-state index contributed by atoms with van der Waals surface area (Å²) in [7, 11) is 0. The van der Waals surface area contributed by atoms with Crippen molar-refractivity contribution in [2.24, 2.45) is 0 Å². The van der Waals surface area contributed by atoms with Gasteiger partial charge in [0.15, 0.2) is 0 Å². The van der Waals surface area contributed by atoms with Crippen molar-refractivity contribution < 1.29 is 18.7 Å². The maximum Gasteiger partial charge on any atom is 0.270 e. The Bertz CT molecular complexity index is 1190. The lowest BCUT2D eigenvalue weighted by molar-refractivity contribution is 0.0936. The van der Waals surface area contributed by atoms with Gasteiger partial charge in [-0.15, -0.1) is 0 Å². The molecule has 5 nitrogen and oxygen atoms in total. The number of hydrogen-bond acceptors (Lipinski definition) is 3. The Hall–Kier alpha value is -3.74. The molecule has 7 heteroatoms. The first kappa shape index (κ1) is 18.6. The lowest BCUT2D eigenvalue weighted by atomic mass is 10.0. The van der Waals surface area contributed by atoms with E-state index in [1.807, 2.05) is 30.3 Å². The van der Waals surface area contributed by atoms with Crippen LogP contribution < -0.4 is 5.32 Å². The van der Waals surface area contributed by atoms with Gasteiger partial charge in [0.2, 0.25) is 0 Å². The number of hydrogen-bond donors (Lipinski definition) is 3. The Balaban J connectivity index is 1.78. The minimum absolute atomic E-state index is 0.0147. The van der Waals surface area contributed by atoms with Crippen molar-refractivity contribution >= 4 is 16.8 Å². The third-order valence-corrected chi connectivity index (χ3v) is 4.69. The van der Waals surface area contributed by atoms with Gasteiger partial charge in [-0.1, -0.05) is 18.2 Å². The van der Waals surface area contributed by atoms with E-state index in [2.05, 4.69) is 15.3 Å². The highest BCUT2D eigenvalue weighted by Gasteiger charge is 2.24. The number of carbonyl (C=O) groups is 1. The number of H-pyrrole nitrogens is 1. The number of aryl methyl sites for hydroxylation is 1. The quantitative estimate of drug-likeness (QED) is 0.482. The highest BCUT2D eigenvalue weighted by molar-refractivity contribution is 5.93. The van der Waals surface area contributed by atoms with Crippen molar-refractivity contribution in [3.8, 4) is 5.75 Å². The van der Waals surface area contributed by atoms with Gasteiger partial charge in [0, 0.05) is 16.8 Å². The molecule has 0 fully saturated rings. The number of amides is 1. The first-order valence-corrected chi connectivity index (χ1v) is 8.92. The van der Waals surface area contributed by atoms with Gasteiger partial charge in [0.1, 0.15) is 23.1 Å². The molecule has 0 aliphatic rings. The number of nitrogens with zero attached hydrogens (tertiary/aromatic N) is 1. The molecule has 4 aromatic rings. The SMILES string of the molecule is Cc1nc(C(=O)NC(c2cc3ccccc3[nH]2)c2cc(F)ccc2O)ccc1F. The van der Waals surface area contributed by atoms with E-state index >= 15 is 0 Å². The molecular formula is C22H17F2N3O2. The van der Waals surface area contributed by atoms with E-state index in [-0.39, 0.29) is 22.7 Å². The first-order valence-electron chi connectivity index (χ1n) is 8.92. The first-order chi connectivity index (χ1) is 13.9. The molecule has 1 amide bonds. The van der Waals surface area contributed by atoms with Crippen LogP contribution in [-0.4, -0.2) is 21.0 Å². The molecule has 2 aromatic carbocycles. The minimum Gasteiger partial charge on any atom is -0.508 e. The monoisotopic (exact) mass is 393 g/mol. The van der Waals surface area contributed by atoms with Crippen LogP contribution in [0.2, 0.25) is 0 Å². The molecule has 0 saturated carbocycles. The van der Waals surface area contributed by atoms with Crippen molar-refractivity contribution in [1.29, 1.82) is 0 Å². The average Bonchev–Trinajstić information content (AvgIpc) is 3.14.